The Kier molecular flexibility index (Phi) is 8.49. The molecule has 0 radical (unpaired) electrons. The van der Waals surface area contributed by atoms with E-state index in [0.29, 0.717) is 5.56 Å². The summed E-state index contributed by atoms with van der Waals surface area (Å²) < 4.78 is 0. The minimum absolute atomic E-state index is 0.646. The smallest absolute Gasteiger partial charge is 0.141 e. The minimum Gasteiger partial charge on any atom is -0.377 e. The summed E-state index contributed by atoms with van der Waals surface area (Å²) in [5.74, 6) is 1.14. The van der Waals surface area contributed by atoms with Crippen LogP contribution < -0.4 is 0 Å². The van der Waals surface area contributed by atoms with Crippen molar-refractivity contribution < 1.29 is 0 Å². The first-order valence-corrected chi connectivity index (χ1v) is 11.5. The van der Waals surface area contributed by atoms with Crippen molar-refractivity contribution in [3.8, 4) is 16.8 Å². The largest absolute Gasteiger partial charge is 0.377 e. The van der Waals surface area contributed by atoms with E-state index in [1.165, 1.54) is 12.8 Å². The number of rotatable bonds is 9. The third-order valence-electron chi connectivity index (χ3n) is 3.70. The highest BCUT2D eigenvalue weighted by atomic mass is 32.2. The van der Waals surface area contributed by atoms with E-state index < -0.39 is 0 Å². The van der Waals surface area contributed by atoms with E-state index in [1.54, 1.807) is 29.3 Å². The van der Waals surface area contributed by atoms with Gasteiger partial charge in [0.2, 0.25) is 0 Å². The van der Waals surface area contributed by atoms with Gasteiger partial charge in [-0.1, -0.05) is 31.2 Å². The Morgan fingerprint density at radius 1 is 1.42 bits per heavy atom. The molecule has 26 heavy (non-hydrogen) atoms. The first kappa shape index (κ1) is 20.8. The minimum atomic E-state index is 0.646. The number of thioether (sulfide) groups is 2. The lowest BCUT2D eigenvalue weighted by molar-refractivity contribution is 0.590. The van der Waals surface area contributed by atoms with Crippen LogP contribution in [-0.2, 0) is 0 Å². The lowest BCUT2D eigenvalue weighted by Gasteiger charge is -2.20. The summed E-state index contributed by atoms with van der Waals surface area (Å²) in [6, 6.07) is 4.37. The first-order valence-electron chi connectivity index (χ1n) is 8.51. The molecule has 0 atom stereocenters. The van der Waals surface area contributed by atoms with Crippen molar-refractivity contribution in [1.82, 2.24) is 14.9 Å². The Labute approximate surface area is 168 Å². The highest BCUT2D eigenvalue weighted by Gasteiger charge is 2.18. The molecule has 0 aliphatic rings. The summed E-state index contributed by atoms with van der Waals surface area (Å²) >= 11 is 5.11. The van der Waals surface area contributed by atoms with Crippen molar-refractivity contribution in [2.75, 3.05) is 24.9 Å². The van der Waals surface area contributed by atoms with Crippen LogP contribution in [0, 0.1) is 11.3 Å². The third kappa shape index (κ3) is 5.26. The molecular formula is C19H24N4S3. The summed E-state index contributed by atoms with van der Waals surface area (Å²) in [6.07, 6.45) is 6.25. The highest BCUT2D eigenvalue weighted by molar-refractivity contribution is 8.15. The van der Waals surface area contributed by atoms with Crippen LogP contribution in [0.15, 0.2) is 28.7 Å². The lowest BCUT2D eigenvalue weighted by Crippen LogP contribution is -2.12. The second-order valence-corrected chi connectivity index (χ2v) is 9.11. The van der Waals surface area contributed by atoms with Crippen LogP contribution in [0.25, 0.3) is 16.4 Å². The van der Waals surface area contributed by atoms with Crippen molar-refractivity contribution in [3.63, 3.8) is 0 Å². The standard InChI is InChI=1S/C19H24N4S3/c1-5-7-9-24-13-26-18-15(12-20)14(17(6-2)23(3)4)11-16(22-18)19-21-8-10-25-19/h6,8,10-11H,5,7,9,13H2,1-4H3/b17-6-. The molecule has 7 heteroatoms. The number of hydrogen-bond donors (Lipinski definition) is 0. The zero-order valence-electron chi connectivity index (χ0n) is 15.7. The number of nitriles is 1. The maximum atomic E-state index is 9.82. The molecule has 2 rings (SSSR count). The van der Waals surface area contributed by atoms with Gasteiger partial charge in [0.25, 0.3) is 0 Å². The molecule has 2 aromatic rings. The molecule has 0 N–H and O–H groups in total. The second-order valence-electron chi connectivity index (χ2n) is 5.78. The summed E-state index contributed by atoms with van der Waals surface area (Å²) in [4.78, 5) is 11.2. The Morgan fingerprint density at radius 3 is 2.81 bits per heavy atom. The van der Waals surface area contributed by atoms with Crippen LogP contribution in [0.2, 0.25) is 0 Å². The quantitative estimate of drug-likeness (QED) is 0.309. The molecule has 0 spiro atoms. The third-order valence-corrected chi connectivity index (χ3v) is 6.78. The topological polar surface area (TPSA) is 52.8 Å². The van der Waals surface area contributed by atoms with Crippen LogP contribution in [0.5, 0.6) is 0 Å². The number of thiazole rings is 1. The van der Waals surface area contributed by atoms with E-state index in [1.807, 2.05) is 55.2 Å². The Hall–Kier alpha value is -1.49. The van der Waals surface area contributed by atoms with Gasteiger partial charge in [-0.15, -0.1) is 11.3 Å². The molecule has 0 unspecified atom stereocenters. The fourth-order valence-corrected chi connectivity index (χ4v) is 5.26. The van der Waals surface area contributed by atoms with E-state index in [0.717, 1.165) is 37.8 Å². The van der Waals surface area contributed by atoms with Gasteiger partial charge in [-0.25, -0.2) is 9.97 Å². The summed E-state index contributed by atoms with van der Waals surface area (Å²) in [5, 5.41) is 14.3. The number of hydrogen-bond acceptors (Lipinski definition) is 7. The van der Waals surface area contributed by atoms with Gasteiger partial charge in [0.05, 0.1) is 5.56 Å². The van der Waals surface area contributed by atoms with Gasteiger partial charge in [0.15, 0.2) is 0 Å². The predicted molar refractivity (Wildman–Crippen MR) is 115 cm³/mol. The molecule has 0 saturated carbocycles. The summed E-state index contributed by atoms with van der Waals surface area (Å²) in [6.45, 7) is 4.19. The number of allylic oxidation sites excluding steroid dienone is 1. The zero-order chi connectivity index (χ0) is 18.9. The predicted octanol–water partition coefficient (Wildman–Crippen LogP) is 5.58. The Bertz CT molecular complexity index is 777. The number of aromatic nitrogens is 2. The average Bonchev–Trinajstić information content (AvgIpc) is 3.16. The number of unbranched alkanes of at least 4 members (excludes halogenated alkanes) is 1. The molecule has 4 nitrogen and oxygen atoms in total. The maximum Gasteiger partial charge on any atom is 0.141 e. The zero-order valence-corrected chi connectivity index (χ0v) is 18.1. The van der Waals surface area contributed by atoms with E-state index in [-0.39, 0.29) is 0 Å². The van der Waals surface area contributed by atoms with Gasteiger partial charge in [0, 0.05) is 42.0 Å². The monoisotopic (exact) mass is 404 g/mol. The van der Waals surface area contributed by atoms with E-state index in [9.17, 15) is 5.26 Å². The van der Waals surface area contributed by atoms with Crippen molar-refractivity contribution in [3.05, 3.63) is 34.8 Å². The molecule has 2 aromatic heterocycles. The lowest BCUT2D eigenvalue weighted by atomic mass is 10.1. The molecule has 0 saturated heterocycles. The Morgan fingerprint density at radius 2 is 2.23 bits per heavy atom. The second kappa shape index (κ2) is 10.6. The van der Waals surface area contributed by atoms with Gasteiger partial charge >= 0.3 is 0 Å². The molecule has 0 aliphatic heterocycles. The summed E-state index contributed by atoms with van der Waals surface area (Å²) in [7, 11) is 3.99. The van der Waals surface area contributed by atoms with Crippen molar-refractivity contribution in [2.45, 2.75) is 31.7 Å². The van der Waals surface area contributed by atoms with E-state index in [2.05, 4.69) is 18.0 Å². The first-order chi connectivity index (χ1) is 12.6. The molecule has 0 fully saturated rings. The molecule has 138 valence electrons. The van der Waals surface area contributed by atoms with Gasteiger partial charge in [-0.05, 0) is 25.2 Å². The van der Waals surface area contributed by atoms with Gasteiger partial charge in [-0.2, -0.15) is 17.0 Å². The Balaban J connectivity index is 2.44. The van der Waals surface area contributed by atoms with E-state index in [4.69, 9.17) is 4.98 Å². The average molecular weight is 405 g/mol. The fraction of sp³-hybridized carbons (Fsp3) is 0.421. The molecule has 0 bridgehead atoms. The number of nitrogens with zero attached hydrogens (tertiary/aromatic N) is 4. The SMILES string of the molecule is C/C=C(/c1cc(-c2nccs2)nc(SCSCCCC)c1C#N)N(C)C. The van der Waals surface area contributed by atoms with Crippen molar-refractivity contribution in [1.29, 1.82) is 5.26 Å². The molecule has 0 aromatic carbocycles. The van der Waals surface area contributed by atoms with Crippen LogP contribution in [0.3, 0.4) is 0 Å². The van der Waals surface area contributed by atoms with Crippen LogP contribution in [0.1, 0.15) is 37.8 Å². The fourth-order valence-electron chi connectivity index (χ4n) is 2.45. The highest BCUT2D eigenvalue weighted by Crippen LogP contribution is 2.34. The van der Waals surface area contributed by atoms with Crippen molar-refractivity contribution >= 4 is 40.6 Å². The van der Waals surface area contributed by atoms with Gasteiger partial charge < -0.3 is 4.90 Å². The normalized spacial score (nSPS) is 11.4. The van der Waals surface area contributed by atoms with Gasteiger partial charge in [0.1, 0.15) is 21.8 Å². The number of pyridine rings is 1. The van der Waals surface area contributed by atoms with E-state index >= 15 is 0 Å². The maximum absolute atomic E-state index is 9.82. The van der Waals surface area contributed by atoms with Crippen molar-refractivity contribution in [2.24, 2.45) is 0 Å². The molecule has 0 aliphatic carbocycles. The molecular weight excluding hydrogens is 380 g/mol. The van der Waals surface area contributed by atoms with Crippen LogP contribution in [0.4, 0.5) is 0 Å². The van der Waals surface area contributed by atoms with Crippen LogP contribution in [-0.4, -0.2) is 39.8 Å². The molecule has 2 heterocycles. The summed E-state index contributed by atoms with van der Waals surface area (Å²) in [5.41, 5.74) is 3.41. The van der Waals surface area contributed by atoms with Crippen LogP contribution >= 0.6 is 34.9 Å². The van der Waals surface area contributed by atoms with Gasteiger partial charge in [-0.3, -0.25) is 0 Å². The molecule has 0 amide bonds.